The number of aromatic nitrogens is 1. The lowest BCUT2D eigenvalue weighted by Crippen LogP contribution is -2.48. The molecule has 1 aromatic heterocycles. The fourth-order valence-electron chi connectivity index (χ4n) is 2.64. The van der Waals surface area contributed by atoms with E-state index in [1.807, 2.05) is 26.8 Å². The van der Waals surface area contributed by atoms with Crippen molar-refractivity contribution in [2.75, 3.05) is 18.1 Å². The smallest absolute Gasteiger partial charge is 0.174 e. The number of hydrogen-bond donors (Lipinski definition) is 2. The minimum atomic E-state index is 0.0938. The van der Waals surface area contributed by atoms with Gasteiger partial charge in [-0.3, -0.25) is 4.98 Å². The molecule has 0 aliphatic carbocycles. The van der Waals surface area contributed by atoms with Crippen molar-refractivity contribution >= 4 is 11.5 Å². The van der Waals surface area contributed by atoms with E-state index < -0.39 is 0 Å². The Hall–Kier alpha value is -1.82. The normalized spacial score (nSPS) is 24.0. The van der Waals surface area contributed by atoms with Gasteiger partial charge in [0, 0.05) is 18.3 Å². The monoisotopic (exact) mass is 278 g/mol. The summed E-state index contributed by atoms with van der Waals surface area (Å²) < 4.78 is 5.66. The zero-order valence-corrected chi connectivity index (χ0v) is 12.4. The third-order valence-corrected chi connectivity index (χ3v) is 3.59. The molecule has 6 heteroatoms. The summed E-state index contributed by atoms with van der Waals surface area (Å²) in [6, 6.07) is 2.21. The fraction of sp³-hybridized carbons (Fsp3) is 0.571. The lowest BCUT2D eigenvalue weighted by atomic mass is 10.1. The lowest BCUT2D eigenvalue weighted by Gasteiger charge is -2.39. The minimum Gasteiger partial charge on any atom is -0.409 e. The van der Waals surface area contributed by atoms with Crippen LogP contribution in [0, 0.1) is 13.8 Å². The number of oxime groups is 1. The molecule has 110 valence electrons. The first-order valence-electron chi connectivity index (χ1n) is 6.78. The van der Waals surface area contributed by atoms with Gasteiger partial charge in [-0.25, -0.2) is 0 Å². The van der Waals surface area contributed by atoms with E-state index in [-0.39, 0.29) is 18.0 Å². The molecule has 0 bridgehead atoms. The van der Waals surface area contributed by atoms with E-state index in [0.29, 0.717) is 12.2 Å². The van der Waals surface area contributed by atoms with Crippen LogP contribution in [0.2, 0.25) is 0 Å². The number of aryl methyl sites for hydroxylation is 2. The molecule has 2 heterocycles. The Labute approximate surface area is 119 Å². The van der Waals surface area contributed by atoms with Crippen molar-refractivity contribution in [3.8, 4) is 0 Å². The van der Waals surface area contributed by atoms with Crippen molar-refractivity contribution < 1.29 is 9.94 Å². The Morgan fingerprint density at radius 1 is 1.50 bits per heavy atom. The maximum Gasteiger partial charge on any atom is 0.174 e. The highest BCUT2D eigenvalue weighted by molar-refractivity contribution is 6.03. The number of amidine groups is 1. The predicted octanol–water partition coefficient (Wildman–Crippen LogP) is 1.41. The Morgan fingerprint density at radius 2 is 2.20 bits per heavy atom. The number of nitrogens with two attached hydrogens (primary N) is 1. The van der Waals surface area contributed by atoms with E-state index in [2.05, 4.69) is 22.0 Å². The fourth-order valence-corrected chi connectivity index (χ4v) is 2.64. The first-order valence-corrected chi connectivity index (χ1v) is 6.78. The van der Waals surface area contributed by atoms with Crippen LogP contribution >= 0.6 is 0 Å². The molecule has 1 saturated heterocycles. The van der Waals surface area contributed by atoms with Crippen molar-refractivity contribution in [1.29, 1.82) is 0 Å². The van der Waals surface area contributed by atoms with E-state index in [4.69, 9.17) is 15.7 Å². The molecule has 0 saturated carbocycles. The van der Waals surface area contributed by atoms with Crippen molar-refractivity contribution in [2.45, 2.75) is 39.8 Å². The molecular formula is C14H22N4O2. The van der Waals surface area contributed by atoms with E-state index in [9.17, 15) is 0 Å². The zero-order chi connectivity index (χ0) is 14.9. The van der Waals surface area contributed by atoms with Gasteiger partial charge in [0.25, 0.3) is 0 Å². The van der Waals surface area contributed by atoms with Crippen LogP contribution in [0.4, 0.5) is 5.69 Å². The van der Waals surface area contributed by atoms with E-state index in [0.717, 1.165) is 23.6 Å². The number of pyridine rings is 1. The number of anilines is 1. The Balaban J connectivity index is 2.54. The summed E-state index contributed by atoms with van der Waals surface area (Å²) in [6.45, 7) is 9.41. The van der Waals surface area contributed by atoms with Crippen molar-refractivity contribution in [2.24, 2.45) is 10.9 Å². The van der Waals surface area contributed by atoms with Crippen molar-refractivity contribution in [3.63, 3.8) is 0 Å². The largest absolute Gasteiger partial charge is 0.409 e. The maximum atomic E-state index is 9.01. The van der Waals surface area contributed by atoms with Gasteiger partial charge >= 0.3 is 0 Å². The summed E-state index contributed by atoms with van der Waals surface area (Å²) >= 11 is 0. The standard InChI is InChI=1S/C14H22N4O2/c1-8-5-12(13(11(4)16-8)14(15)17-19)18-6-10(3)20-7-9(18)2/h5,9-10,19H,6-7H2,1-4H3,(H2,15,17). The van der Waals surface area contributed by atoms with Crippen LogP contribution in [0.5, 0.6) is 0 Å². The highest BCUT2D eigenvalue weighted by atomic mass is 16.5. The summed E-state index contributed by atoms with van der Waals surface area (Å²) in [5, 5.41) is 12.2. The van der Waals surface area contributed by atoms with Gasteiger partial charge in [0.1, 0.15) is 0 Å². The molecular weight excluding hydrogens is 256 g/mol. The van der Waals surface area contributed by atoms with E-state index in [1.54, 1.807) is 0 Å². The first kappa shape index (κ1) is 14.6. The molecule has 0 amide bonds. The van der Waals surface area contributed by atoms with Gasteiger partial charge in [-0.1, -0.05) is 5.16 Å². The molecule has 3 N–H and O–H groups in total. The van der Waals surface area contributed by atoms with Gasteiger partial charge in [0.05, 0.1) is 29.7 Å². The molecule has 1 fully saturated rings. The van der Waals surface area contributed by atoms with E-state index in [1.165, 1.54) is 0 Å². The van der Waals surface area contributed by atoms with Crippen molar-refractivity contribution in [1.82, 2.24) is 4.98 Å². The minimum absolute atomic E-state index is 0.0938. The Morgan fingerprint density at radius 3 is 2.85 bits per heavy atom. The Bertz CT molecular complexity index is 530. The molecule has 1 aromatic rings. The second-order valence-electron chi connectivity index (χ2n) is 5.37. The van der Waals surface area contributed by atoms with Crippen LogP contribution in [0.15, 0.2) is 11.2 Å². The van der Waals surface area contributed by atoms with Gasteiger partial charge in [-0.2, -0.15) is 0 Å². The van der Waals surface area contributed by atoms with Gasteiger partial charge < -0.3 is 20.6 Å². The average molecular weight is 278 g/mol. The number of ether oxygens (including phenoxy) is 1. The van der Waals surface area contributed by atoms with Gasteiger partial charge in [0.15, 0.2) is 5.84 Å². The molecule has 2 atom stereocenters. The lowest BCUT2D eigenvalue weighted by molar-refractivity contribution is 0.0343. The van der Waals surface area contributed by atoms with Crippen LogP contribution in [0.3, 0.4) is 0 Å². The molecule has 20 heavy (non-hydrogen) atoms. The van der Waals surface area contributed by atoms with Crippen LogP contribution in [-0.4, -0.2) is 41.3 Å². The van der Waals surface area contributed by atoms with Crippen LogP contribution in [0.1, 0.15) is 30.8 Å². The molecule has 2 rings (SSSR count). The molecule has 0 aromatic carbocycles. The highest BCUT2D eigenvalue weighted by Crippen LogP contribution is 2.28. The molecule has 1 aliphatic rings. The van der Waals surface area contributed by atoms with Crippen molar-refractivity contribution in [3.05, 3.63) is 23.0 Å². The summed E-state index contributed by atoms with van der Waals surface area (Å²) in [7, 11) is 0. The topological polar surface area (TPSA) is 84.0 Å². The molecule has 1 aliphatic heterocycles. The van der Waals surface area contributed by atoms with Gasteiger partial charge in [0.2, 0.25) is 0 Å². The molecule has 0 spiro atoms. The van der Waals surface area contributed by atoms with Crippen LogP contribution in [0.25, 0.3) is 0 Å². The number of morpholine rings is 1. The average Bonchev–Trinajstić information content (AvgIpc) is 2.40. The van der Waals surface area contributed by atoms with Gasteiger partial charge in [-0.05, 0) is 33.8 Å². The third kappa shape index (κ3) is 2.70. The summed E-state index contributed by atoms with van der Waals surface area (Å²) in [6.07, 6.45) is 0.153. The zero-order valence-electron chi connectivity index (χ0n) is 12.4. The summed E-state index contributed by atoms with van der Waals surface area (Å²) in [5.74, 6) is 0.0938. The second kappa shape index (κ2) is 5.66. The predicted molar refractivity (Wildman–Crippen MR) is 78.4 cm³/mol. The highest BCUT2D eigenvalue weighted by Gasteiger charge is 2.27. The maximum absolute atomic E-state index is 9.01. The van der Waals surface area contributed by atoms with Crippen LogP contribution < -0.4 is 10.6 Å². The number of nitrogens with zero attached hydrogens (tertiary/aromatic N) is 3. The first-order chi connectivity index (χ1) is 9.43. The molecule has 2 unspecified atom stereocenters. The number of rotatable bonds is 2. The number of hydrogen-bond acceptors (Lipinski definition) is 5. The SMILES string of the molecule is Cc1cc(N2CC(C)OCC2C)c(/C(N)=N/O)c(C)n1. The van der Waals surface area contributed by atoms with Crippen LogP contribution in [-0.2, 0) is 4.74 Å². The third-order valence-electron chi connectivity index (χ3n) is 3.59. The quantitative estimate of drug-likeness (QED) is 0.370. The Kier molecular flexibility index (Phi) is 4.13. The van der Waals surface area contributed by atoms with E-state index >= 15 is 0 Å². The second-order valence-corrected chi connectivity index (χ2v) is 5.37. The molecule has 6 nitrogen and oxygen atoms in total. The molecule has 0 radical (unpaired) electrons. The summed E-state index contributed by atoms with van der Waals surface area (Å²) in [5.41, 5.74) is 9.16. The van der Waals surface area contributed by atoms with Gasteiger partial charge in [-0.15, -0.1) is 0 Å². The summed E-state index contributed by atoms with van der Waals surface area (Å²) in [4.78, 5) is 6.65.